The molecule has 7 nitrogen and oxygen atoms in total. The molecule has 1 atom stereocenters. The van der Waals surface area contributed by atoms with Crippen LogP contribution in [0.5, 0.6) is 0 Å². The van der Waals surface area contributed by atoms with E-state index >= 15 is 0 Å². The van der Waals surface area contributed by atoms with Gasteiger partial charge in [0, 0.05) is 32.0 Å². The van der Waals surface area contributed by atoms with Gasteiger partial charge in [-0.3, -0.25) is 4.79 Å². The quantitative estimate of drug-likeness (QED) is 0.792. The molecule has 0 radical (unpaired) electrons. The second-order valence-electron chi connectivity index (χ2n) is 6.01. The number of nitrogens with zero attached hydrogens (tertiary/aromatic N) is 4. The number of piperidine rings is 1. The molecule has 0 aromatic carbocycles. The molecule has 0 N–H and O–H groups in total. The Morgan fingerprint density at radius 1 is 1.50 bits per heavy atom. The van der Waals surface area contributed by atoms with Crippen molar-refractivity contribution >= 4 is 17.2 Å². The molecule has 3 rings (SSSR count). The summed E-state index contributed by atoms with van der Waals surface area (Å²) in [4.78, 5) is 23.2. The number of rotatable bonds is 6. The minimum atomic E-state index is 0.115. The van der Waals surface area contributed by atoms with Gasteiger partial charge in [0.1, 0.15) is 0 Å². The fraction of sp³-hybridized carbons (Fsp3) is 0.625. The van der Waals surface area contributed by atoms with E-state index < -0.39 is 0 Å². The number of likely N-dealkylation sites (tertiary alicyclic amines) is 1. The summed E-state index contributed by atoms with van der Waals surface area (Å²) in [5, 5.41) is 6.93. The van der Waals surface area contributed by atoms with Gasteiger partial charge in [0.25, 0.3) is 0 Å². The summed E-state index contributed by atoms with van der Waals surface area (Å²) in [7, 11) is 1.65. The number of ether oxygens (including phenoxy) is 1. The topological polar surface area (TPSA) is 81.4 Å². The monoisotopic (exact) mass is 350 g/mol. The highest BCUT2D eigenvalue weighted by atomic mass is 32.1. The van der Waals surface area contributed by atoms with E-state index in [2.05, 4.69) is 15.1 Å². The lowest BCUT2D eigenvalue weighted by atomic mass is 9.97. The van der Waals surface area contributed by atoms with E-state index in [0.29, 0.717) is 37.7 Å². The number of thiazole rings is 1. The standard InChI is InChI=1S/C16H22N4O3S/c1-11-17-13(10-24-11)8-15(21)20-6-3-4-12(9-20)16-18-14(19-23-16)5-7-22-2/h10,12H,3-9H2,1-2H3/t12-/m0/s1. The fourth-order valence-electron chi connectivity index (χ4n) is 2.89. The first-order chi connectivity index (χ1) is 11.7. The van der Waals surface area contributed by atoms with Crippen LogP contribution < -0.4 is 0 Å². The summed E-state index contributed by atoms with van der Waals surface area (Å²) in [6.45, 7) is 3.94. The number of hydrogen-bond acceptors (Lipinski definition) is 7. The third kappa shape index (κ3) is 4.18. The Balaban J connectivity index is 1.59. The van der Waals surface area contributed by atoms with Crippen LogP contribution in [0.15, 0.2) is 9.90 Å². The molecule has 0 aliphatic carbocycles. The van der Waals surface area contributed by atoms with E-state index in [1.165, 1.54) is 0 Å². The van der Waals surface area contributed by atoms with Crippen LogP contribution in [-0.2, 0) is 22.4 Å². The second-order valence-corrected chi connectivity index (χ2v) is 7.07. The van der Waals surface area contributed by atoms with Gasteiger partial charge in [0.15, 0.2) is 5.82 Å². The molecule has 8 heteroatoms. The average Bonchev–Trinajstić information content (AvgIpc) is 3.22. The highest BCUT2D eigenvalue weighted by Crippen LogP contribution is 2.26. The minimum absolute atomic E-state index is 0.115. The average molecular weight is 350 g/mol. The molecule has 1 saturated heterocycles. The SMILES string of the molecule is COCCc1noc([C@H]2CCCN(C(=O)Cc3csc(C)n3)C2)n1. The van der Waals surface area contributed by atoms with Gasteiger partial charge in [0.2, 0.25) is 11.8 Å². The Morgan fingerprint density at radius 3 is 3.12 bits per heavy atom. The summed E-state index contributed by atoms with van der Waals surface area (Å²) >= 11 is 1.57. The molecule has 2 aromatic heterocycles. The molecule has 1 fully saturated rings. The Morgan fingerprint density at radius 2 is 2.38 bits per heavy atom. The van der Waals surface area contributed by atoms with Crippen LogP contribution >= 0.6 is 11.3 Å². The van der Waals surface area contributed by atoms with Crippen molar-refractivity contribution in [3.05, 3.63) is 27.8 Å². The van der Waals surface area contributed by atoms with E-state index in [-0.39, 0.29) is 11.8 Å². The Kier molecular flexibility index (Phi) is 5.57. The number of aromatic nitrogens is 3. The maximum atomic E-state index is 12.5. The molecule has 24 heavy (non-hydrogen) atoms. The normalized spacial score (nSPS) is 18.1. The van der Waals surface area contributed by atoms with Crippen molar-refractivity contribution < 1.29 is 14.1 Å². The number of methoxy groups -OCH3 is 1. The number of carbonyl (C=O) groups excluding carboxylic acids is 1. The number of carbonyl (C=O) groups is 1. The lowest BCUT2D eigenvalue weighted by molar-refractivity contribution is -0.131. The van der Waals surface area contributed by atoms with E-state index in [0.717, 1.165) is 30.1 Å². The van der Waals surface area contributed by atoms with E-state index in [1.807, 2.05) is 17.2 Å². The van der Waals surface area contributed by atoms with Crippen LogP contribution in [0, 0.1) is 6.92 Å². The van der Waals surface area contributed by atoms with Gasteiger partial charge in [-0.2, -0.15) is 4.98 Å². The molecule has 2 aromatic rings. The maximum Gasteiger partial charge on any atom is 0.231 e. The van der Waals surface area contributed by atoms with Gasteiger partial charge < -0.3 is 14.2 Å². The predicted molar refractivity (Wildman–Crippen MR) is 89.0 cm³/mol. The summed E-state index contributed by atoms with van der Waals surface area (Å²) in [5.74, 6) is 1.52. The van der Waals surface area contributed by atoms with Crippen molar-refractivity contribution in [2.75, 3.05) is 26.8 Å². The first kappa shape index (κ1) is 17.0. The second kappa shape index (κ2) is 7.85. The van der Waals surface area contributed by atoms with Crippen LogP contribution in [0.3, 0.4) is 0 Å². The van der Waals surface area contributed by atoms with Crippen LogP contribution in [-0.4, -0.2) is 52.7 Å². The van der Waals surface area contributed by atoms with Crippen molar-refractivity contribution in [2.24, 2.45) is 0 Å². The van der Waals surface area contributed by atoms with Crippen LogP contribution in [0.1, 0.15) is 41.2 Å². The summed E-state index contributed by atoms with van der Waals surface area (Å²) in [5.41, 5.74) is 0.851. The summed E-state index contributed by atoms with van der Waals surface area (Å²) < 4.78 is 10.4. The highest BCUT2D eigenvalue weighted by Gasteiger charge is 2.28. The lowest BCUT2D eigenvalue weighted by Gasteiger charge is -2.31. The van der Waals surface area contributed by atoms with Crippen molar-refractivity contribution in [1.82, 2.24) is 20.0 Å². The first-order valence-corrected chi connectivity index (χ1v) is 9.04. The molecule has 0 saturated carbocycles. The third-order valence-electron chi connectivity index (χ3n) is 4.14. The van der Waals surface area contributed by atoms with Crippen molar-refractivity contribution in [1.29, 1.82) is 0 Å². The zero-order chi connectivity index (χ0) is 16.9. The van der Waals surface area contributed by atoms with Gasteiger partial charge >= 0.3 is 0 Å². The molecular formula is C16H22N4O3S. The molecule has 1 amide bonds. The van der Waals surface area contributed by atoms with Gasteiger partial charge in [-0.25, -0.2) is 4.98 Å². The molecular weight excluding hydrogens is 328 g/mol. The molecule has 1 aliphatic rings. The van der Waals surface area contributed by atoms with Crippen molar-refractivity contribution in [2.45, 2.75) is 38.5 Å². The molecule has 1 aliphatic heterocycles. The number of aryl methyl sites for hydroxylation is 1. The Bertz CT molecular complexity index is 684. The van der Waals surface area contributed by atoms with Crippen molar-refractivity contribution in [3.8, 4) is 0 Å². The molecule has 0 bridgehead atoms. The summed E-state index contributed by atoms with van der Waals surface area (Å²) in [6, 6.07) is 0. The smallest absolute Gasteiger partial charge is 0.231 e. The fourth-order valence-corrected chi connectivity index (χ4v) is 3.50. The van der Waals surface area contributed by atoms with Crippen LogP contribution in [0.4, 0.5) is 0 Å². The van der Waals surface area contributed by atoms with E-state index in [1.54, 1.807) is 18.4 Å². The highest BCUT2D eigenvalue weighted by molar-refractivity contribution is 7.09. The van der Waals surface area contributed by atoms with Gasteiger partial charge in [0.05, 0.1) is 29.6 Å². The minimum Gasteiger partial charge on any atom is -0.384 e. The maximum absolute atomic E-state index is 12.5. The van der Waals surface area contributed by atoms with Gasteiger partial charge in [-0.15, -0.1) is 11.3 Å². The number of hydrogen-bond donors (Lipinski definition) is 0. The lowest BCUT2D eigenvalue weighted by Crippen LogP contribution is -2.40. The van der Waals surface area contributed by atoms with E-state index in [9.17, 15) is 4.79 Å². The van der Waals surface area contributed by atoms with E-state index in [4.69, 9.17) is 9.26 Å². The first-order valence-electron chi connectivity index (χ1n) is 8.16. The zero-order valence-electron chi connectivity index (χ0n) is 14.0. The molecule has 130 valence electrons. The number of amides is 1. The third-order valence-corrected chi connectivity index (χ3v) is 4.96. The largest absolute Gasteiger partial charge is 0.384 e. The molecule has 3 heterocycles. The van der Waals surface area contributed by atoms with Crippen molar-refractivity contribution in [3.63, 3.8) is 0 Å². The van der Waals surface area contributed by atoms with Gasteiger partial charge in [-0.1, -0.05) is 5.16 Å². The Labute approximate surface area is 145 Å². The zero-order valence-corrected chi connectivity index (χ0v) is 14.8. The Hall–Kier alpha value is -1.80. The summed E-state index contributed by atoms with van der Waals surface area (Å²) in [6.07, 6.45) is 2.91. The molecule has 0 spiro atoms. The van der Waals surface area contributed by atoms with Crippen LogP contribution in [0.25, 0.3) is 0 Å². The predicted octanol–water partition coefficient (Wildman–Crippen LogP) is 1.97. The van der Waals surface area contributed by atoms with Crippen LogP contribution in [0.2, 0.25) is 0 Å². The molecule has 0 unspecified atom stereocenters. The van der Waals surface area contributed by atoms with Gasteiger partial charge in [-0.05, 0) is 19.8 Å².